The Morgan fingerprint density at radius 1 is 0.824 bits per heavy atom. The van der Waals surface area contributed by atoms with Gasteiger partial charge in [0.15, 0.2) is 4.33 Å². The van der Waals surface area contributed by atoms with E-state index in [1.165, 1.54) is 38.5 Å². The van der Waals surface area contributed by atoms with Gasteiger partial charge in [-0.05, 0) is 19.3 Å². The van der Waals surface area contributed by atoms with Gasteiger partial charge in [-0.1, -0.05) is 68.1 Å². The quantitative estimate of drug-likeness (QED) is 0.662. The van der Waals surface area contributed by atoms with Gasteiger partial charge in [-0.15, -0.1) is 0 Å². The predicted molar refractivity (Wildman–Crippen MR) is 73.6 cm³/mol. The summed E-state index contributed by atoms with van der Waals surface area (Å²) in [7, 11) is 0. The molecular weight excluding hydrogens is 257 g/mol. The molecule has 1 amide bonds. The van der Waals surface area contributed by atoms with Crippen molar-refractivity contribution in [3.8, 4) is 0 Å². The van der Waals surface area contributed by atoms with Crippen molar-refractivity contribution in [1.82, 2.24) is 5.32 Å². The van der Waals surface area contributed by atoms with Crippen molar-refractivity contribution in [2.45, 2.75) is 68.5 Å². The molecule has 0 aromatic rings. The van der Waals surface area contributed by atoms with Gasteiger partial charge in [-0.2, -0.15) is 0 Å². The van der Waals surface area contributed by atoms with E-state index < -0.39 is 4.33 Å². The summed E-state index contributed by atoms with van der Waals surface area (Å²) in [6.45, 7) is 0.694. The highest BCUT2D eigenvalue weighted by molar-refractivity contribution is 6.58. The maximum absolute atomic E-state index is 11.7. The molecule has 1 aliphatic rings. The van der Waals surface area contributed by atoms with Crippen LogP contribution >= 0.6 is 23.2 Å². The van der Waals surface area contributed by atoms with Gasteiger partial charge in [0.25, 0.3) is 5.91 Å². The van der Waals surface area contributed by atoms with E-state index in [4.69, 9.17) is 23.2 Å². The SMILES string of the molecule is O=C1NCCCCCCCCCCCC1(Cl)Cl. The van der Waals surface area contributed by atoms with Gasteiger partial charge in [0.1, 0.15) is 0 Å². The van der Waals surface area contributed by atoms with Crippen molar-refractivity contribution in [2.24, 2.45) is 0 Å². The Bertz CT molecular complexity index is 231. The first kappa shape index (κ1) is 15.1. The van der Waals surface area contributed by atoms with Gasteiger partial charge >= 0.3 is 0 Å². The van der Waals surface area contributed by atoms with Crippen LogP contribution in [0.2, 0.25) is 0 Å². The highest BCUT2D eigenvalue weighted by atomic mass is 35.5. The number of carbonyl (C=O) groups excluding carboxylic acids is 1. The molecule has 0 aromatic heterocycles. The number of rotatable bonds is 0. The minimum absolute atomic E-state index is 0.224. The fourth-order valence-electron chi connectivity index (χ4n) is 2.15. The summed E-state index contributed by atoms with van der Waals surface area (Å²) >= 11 is 12.1. The lowest BCUT2D eigenvalue weighted by Gasteiger charge is -2.19. The molecule has 100 valence electrons. The van der Waals surface area contributed by atoms with E-state index in [-0.39, 0.29) is 5.91 Å². The lowest BCUT2D eigenvalue weighted by Crippen LogP contribution is -2.38. The zero-order valence-electron chi connectivity index (χ0n) is 10.4. The number of hydrogen-bond acceptors (Lipinski definition) is 1. The average Bonchev–Trinajstić information content (AvgIpc) is 2.29. The Labute approximate surface area is 114 Å². The topological polar surface area (TPSA) is 29.1 Å². The molecule has 0 aliphatic carbocycles. The van der Waals surface area contributed by atoms with Crippen LogP contribution in [0.4, 0.5) is 0 Å². The van der Waals surface area contributed by atoms with Crippen LogP contribution in [0, 0.1) is 0 Å². The average molecular weight is 280 g/mol. The molecular formula is C13H23Cl2NO. The lowest BCUT2D eigenvalue weighted by atomic mass is 10.0. The molecule has 1 aliphatic heterocycles. The van der Waals surface area contributed by atoms with Gasteiger partial charge in [0.2, 0.25) is 0 Å². The Balaban J connectivity index is 2.37. The van der Waals surface area contributed by atoms with Crippen LogP contribution in [0.15, 0.2) is 0 Å². The summed E-state index contributed by atoms with van der Waals surface area (Å²) in [6, 6.07) is 0. The third-order valence-electron chi connectivity index (χ3n) is 3.29. The fourth-order valence-corrected chi connectivity index (χ4v) is 2.56. The van der Waals surface area contributed by atoms with E-state index in [0.717, 1.165) is 19.3 Å². The van der Waals surface area contributed by atoms with Crippen LogP contribution in [0.25, 0.3) is 0 Å². The summed E-state index contributed by atoms with van der Waals surface area (Å²) in [5.74, 6) is -0.224. The second kappa shape index (κ2) is 8.20. The molecule has 0 spiro atoms. The van der Waals surface area contributed by atoms with Crippen LogP contribution in [0.5, 0.6) is 0 Å². The first-order chi connectivity index (χ1) is 8.13. The monoisotopic (exact) mass is 279 g/mol. The standard InChI is InChI=1S/C13H23Cl2NO/c14-13(15)10-8-6-4-2-1-3-5-7-9-11-16-12(13)17/h1-11H2,(H,16,17). The molecule has 1 saturated heterocycles. The molecule has 1 heterocycles. The molecule has 1 rings (SSSR count). The summed E-state index contributed by atoms with van der Waals surface area (Å²) in [5, 5.41) is 2.82. The smallest absolute Gasteiger partial charge is 0.256 e. The first-order valence-corrected chi connectivity index (χ1v) is 7.55. The number of halogens is 2. The van der Waals surface area contributed by atoms with E-state index in [1.54, 1.807) is 0 Å². The van der Waals surface area contributed by atoms with E-state index in [1.807, 2.05) is 0 Å². The van der Waals surface area contributed by atoms with Crippen molar-refractivity contribution < 1.29 is 4.79 Å². The summed E-state index contributed by atoms with van der Waals surface area (Å²) in [6.07, 6.45) is 11.3. The highest BCUT2D eigenvalue weighted by Gasteiger charge is 2.32. The maximum atomic E-state index is 11.7. The van der Waals surface area contributed by atoms with Crippen molar-refractivity contribution in [2.75, 3.05) is 6.54 Å². The maximum Gasteiger partial charge on any atom is 0.256 e. The number of nitrogens with one attached hydrogen (secondary N) is 1. The molecule has 0 aromatic carbocycles. The molecule has 4 heteroatoms. The number of alkyl halides is 2. The second-order valence-corrected chi connectivity index (χ2v) is 6.38. The fraction of sp³-hybridized carbons (Fsp3) is 0.923. The Morgan fingerprint density at radius 3 is 1.88 bits per heavy atom. The van der Waals surface area contributed by atoms with Crippen LogP contribution in [0.1, 0.15) is 64.2 Å². The van der Waals surface area contributed by atoms with Crippen molar-refractivity contribution in [3.63, 3.8) is 0 Å². The van der Waals surface area contributed by atoms with Gasteiger partial charge in [0.05, 0.1) is 0 Å². The van der Waals surface area contributed by atoms with Gasteiger partial charge in [0, 0.05) is 6.54 Å². The third-order valence-corrected chi connectivity index (χ3v) is 4.01. The molecule has 17 heavy (non-hydrogen) atoms. The molecule has 0 atom stereocenters. The first-order valence-electron chi connectivity index (χ1n) is 6.79. The van der Waals surface area contributed by atoms with Crippen molar-refractivity contribution in [1.29, 1.82) is 0 Å². The number of amides is 1. The van der Waals surface area contributed by atoms with Crippen molar-refractivity contribution in [3.05, 3.63) is 0 Å². The molecule has 1 fully saturated rings. The number of carbonyl (C=O) groups is 1. The minimum atomic E-state index is -1.23. The van der Waals surface area contributed by atoms with Gasteiger partial charge in [-0.3, -0.25) is 4.79 Å². The van der Waals surface area contributed by atoms with Crippen LogP contribution < -0.4 is 5.32 Å². The van der Waals surface area contributed by atoms with E-state index in [2.05, 4.69) is 5.32 Å². The Morgan fingerprint density at radius 2 is 1.29 bits per heavy atom. The molecule has 2 nitrogen and oxygen atoms in total. The zero-order valence-corrected chi connectivity index (χ0v) is 12.0. The van der Waals surface area contributed by atoms with Crippen LogP contribution in [0.3, 0.4) is 0 Å². The van der Waals surface area contributed by atoms with Gasteiger partial charge in [-0.25, -0.2) is 0 Å². The largest absolute Gasteiger partial charge is 0.353 e. The van der Waals surface area contributed by atoms with Gasteiger partial charge < -0.3 is 5.32 Å². The van der Waals surface area contributed by atoms with Crippen LogP contribution in [-0.2, 0) is 4.79 Å². The molecule has 0 bridgehead atoms. The predicted octanol–water partition coefficient (Wildman–Crippen LogP) is 4.19. The summed E-state index contributed by atoms with van der Waals surface area (Å²) < 4.78 is -1.23. The third kappa shape index (κ3) is 6.52. The van der Waals surface area contributed by atoms with E-state index in [9.17, 15) is 4.79 Å². The minimum Gasteiger partial charge on any atom is -0.353 e. The lowest BCUT2D eigenvalue weighted by molar-refractivity contribution is -0.121. The molecule has 0 unspecified atom stereocenters. The van der Waals surface area contributed by atoms with Crippen LogP contribution in [-0.4, -0.2) is 16.8 Å². The Kier molecular flexibility index (Phi) is 7.29. The molecule has 0 saturated carbocycles. The molecule has 0 radical (unpaired) electrons. The zero-order chi connectivity index (χ0) is 12.6. The summed E-state index contributed by atoms with van der Waals surface area (Å²) in [5.41, 5.74) is 0. The molecule has 1 N–H and O–H groups in total. The van der Waals surface area contributed by atoms with Crippen molar-refractivity contribution >= 4 is 29.1 Å². The van der Waals surface area contributed by atoms with E-state index in [0.29, 0.717) is 13.0 Å². The number of hydrogen-bond donors (Lipinski definition) is 1. The second-order valence-electron chi connectivity index (χ2n) is 4.89. The summed E-state index contributed by atoms with van der Waals surface area (Å²) in [4.78, 5) is 11.7. The highest BCUT2D eigenvalue weighted by Crippen LogP contribution is 2.28. The van der Waals surface area contributed by atoms with E-state index >= 15 is 0 Å². The normalized spacial score (nSPS) is 24.7. The Hall–Kier alpha value is 0.0500.